The van der Waals surface area contributed by atoms with Gasteiger partial charge < -0.3 is 10.6 Å². The first-order chi connectivity index (χ1) is 13.3. The third-order valence-electron chi connectivity index (χ3n) is 4.82. The van der Waals surface area contributed by atoms with Crippen molar-refractivity contribution in [1.82, 2.24) is 25.6 Å². The van der Waals surface area contributed by atoms with Crippen molar-refractivity contribution >= 4 is 5.91 Å². The van der Waals surface area contributed by atoms with Gasteiger partial charge in [-0.3, -0.25) is 9.48 Å². The Morgan fingerprint density at radius 1 is 1.15 bits per heavy atom. The van der Waals surface area contributed by atoms with Crippen molar-refractivity contribution in [2.45, 2.75) is 25.9 Å². The van der Waals surface area contributed by atoms with E-state index in [1.54, 1.807) is 4.68 Å². The Bertz CT molecular complexity index is 919. The fraction of sp³-hybridized carbons (Fsp3) is 0.286. The molecule has 1 aliphatic rings. The van der Waals surface area contributed by atoms with Crippen molar-refractivity contribution in [3.63, 3.8) is 0 Å². The number of rotatable bonds is 5. The monoisotopic (exact) mass is 361 g/mol. The lowest BCUT2D eigenvalue weighted by molar-refractivity contribution is 0.0951. The molecule has 0 saturated carbocycles. The van der Waals surface area contributed by atoms with Crippen molar-refractivity contribution in [2.75, 3.05) is 13.1 Å². The van der Waals surface area contributed by atoms with E-state index in [1.165, 1.54) is 11.1 Å². The van der Waals surface area contributed by atoms with Crippen molar-refractivity contribution < 1.29 is 4.79 Å². The fourth-order valence-corrected chi connectivity index (χ4v) is 3.33. The Morgan fingerprint density at radius 3 is 2.93 bits per heavy atom. The number of carbonyl (C=O) groups excluding carboxylic acids is 1. The summed E-state index contributed by atoms with van der Waals surface area (Å²) in [6.07, 6.45) is 4.02. The topological polar surface area (TPSA) is 71.8 Å². The van der Waals surface area contributed by atoms with E-state index in [0.29, 0.717) is 13.1 Å². The molecule has 0 fully saturated rings. The van der Waals surface area contributed by atoms with Crippen molar-refractivity contribution in [3.8, 4) is 11.3 Å². The first-order valence-electron chi connectivity index (χ1n) is 9.36. The average molecular weight is 361 g/mol. The molecule has 1 aromatic heterocycles. The number of nitrogens with one attached hydrogen (secondary N) is 2. The van der Waals surface area contributed by atoms with Crippen LogP contribution in [0.5, 0.6) is 0 Å². The highest BCUT2D eigenvalue weighted by Crippen LogP contribution is 2.17. The molecule has 0 unspecified atom stereocenters. The predicted octanol–water partition coefficient (Wildman–Crippen LogP) is 2.41. The van der Waals surface area contributed by atoms with Gasteiger partial charge >= 0.3 is 0 Å². The van der Waals surface area contributed by atoms with E-state index in [4.69, 9.17) is 0 Å². The molecule has 0 bridgehead atoms. The first-order valence-corrected chi connectivity index (χ1v) is 9.36. The molecule has 3 aromatic rings. The Kier molecular flexibility index (Phi) is 5.25. The van der Waals surface area contributed by atoms with Gasteiger partial charge in [0.05, 0.1) is 12.7 Å². The Morgan fingerprint density at radius 2 is 2.04 bits per heavy atom. The second-order valence-corrected chi connectivity index (χ2v) is 6.75. The third kappa shape index (κ3) is 4.23. The third-order valence-corrected chi connectivity index (χ3v) is 4.82. The summed E-state index contributed by atoms with van der Waals surface area (Å²) < 4.78 is 1.76. The van der Waals surface area contributed by atoms with E-state index in [2.05, 4.69) is 27.0 Å². The summed E-state index contributed by atoms with van der Waals surface area (Å²) in [5.74, 6) is -0.0431. The van der Waals surface area contributed by atoms with Crippen molar-refractivity contribution in [1.29, 1.82) is 0 Å². The van der Waals surface area contributed by atoms with Crippen LogP contribution in [0, 0.1) is 0 Å². The van der Waals surface area contributed by atoms with Crippen LogP contribution in [0.1, 0.15) is 27.9 Å². The summed E-state index contributed by atoms with van der Waals surface area (Å²) in [7, 11) is 0. The first kappa shape index (κ1) is 17.4. The minimum absolute atomic E-state index is 0.0431. The highest BCUT2D eigenvalue weighted by molar-refractivity contribution is 5.94. The Labute approximate surface area is 158 Å². The number of hydrogen-bond acceptors (Lipinski definition) is 4. The van der Waals surface area contributed by atoms with Gasteiger partial charge in [0.1, 0.15) is 5.69 Å². The number of hydrogen-bond donors (Lipinski definition) is 2. The van der Waals surface area contributed by atoms with Crippen LogP contribution in [0.3, 0.4) is 0 Å². The molecule has 2 N–H and O–H groups in total. The van der Waals surface area contributed by atoms with Gasteiger partial charge in [-0.05, 0) is 42.6 Å². The lowest BCUT2D eigenvalue weighted by Gasteiger charge is -2.09. The lowest BCUT2D eigenvalue weighted by Crippen LogP contribution is -2.27. The van der Waals surface area contributed by atoms with Crippen LogP contribution in [0.25, 0.3) is 11.3 Å². The molecule has 0 aliphatic carbocycles. The summed E-state index contributed by atoms with van der Waals surface area (Å²) >= 11 is 0. The van der Waals surface area contributed by atoms with Crippen molar-refractivity contribution in [2.24, 2.45) is 0 Å². The van der Waals surface area contributed by atoms with Crippen LogP contribution in [-0.4, -0.2) is 34.0 Å². The molecule has 6 heteroatoms. The molecule has 0 radical (unpaired) electrons. The minimum Gasteiger partial charge on any atom is -0.350 e. The van der Waals surface area contributed by atoms with E-state index in [0.717, 1.165) is 42.8 Å². The number of carbonyl (C=O) groups is 1. The molecule has 138 valence electrons. The summed E-state index contributed by atoms with van der Waals surface area (Å²) in [4.78, 5) is 12.5. The molecule has 0 spiro atoms. The van der Waals surface area contributed by atoms with Gasteiger partial charge in [0.25, 0.3) is 5.91 Å². The zero-order valence-electron chi connectivity index (χ0n) is 15.2. The molecule has 2 heterocycles. The molecule has 2 aromatic carbocycles. The summed E-state index contributed by atoms with van der Waals surface area (Å²) in [6.45, 7) is 3.00. The lowest BCUT2D eigenvalue weighted by atomic mass is 10.0. The minimum atomic E-state index is -0.0431. The highest BCUT2D eigenvalue weighted by Gasteiger charge is 2.12. The standard InChI is InChI=1S/C21H23N5O/c27-21(18-8-9-19-14-22-10-4-7-17(19)13-18)23-11-12-26-15-20(24-25-26)16-5-2-1-3-6-16/h1-3,5-6,8-9,13,15,22H,4,7,10-12,14H2,(H,23,27). The van der Waals surface area contributed by atoms with E-state index in [-0.39, 0.29) is 5.91 Å². The Balaban J connectivity index is 1.34. The van der Waals surface area contributed by atoms with E-state index in [9.17, 15) is 4.79 Å². The van der Waals surface area contributed by atoms with Crippen LogP contribution in [0.2, 0.25) is 0 Å². The molecule has 1 amide bonds. The van der Waals surface area contributed by atoms with Gasteiger partial charge in [0.2, 0.25) is 0 Å². The average Bonchev–Trinajstić information content (AvgIpc) is 3.05. The predicted molar refractivity (Wildman–Crippen MR) is 104 cm³/mol. The maximum atomic E-state index is 12.5. The van der Waals surface area contributed by atoms with E-state index >= 15 is 0 Å². The van der Waals surface area contributed by atoms with Gasteiger partial charge in [0.15, 0.2) is 0 Å². The second kappa shape index (κ2) is 8.14. The summed E-state index contributed by atoms with van der Waals surface area (Å²) in [5, 5.41) is 14.7. The van der Waals surface area contributed by atoms with Crippen molar-refractivity contribution in [3.05, 3.63) is 71.4 Å². The molecule has 1 aliphatic heterocycles. The van der Waals surface area contributed by atoms with Gasteiger partial charge in [-0.25, -0.2) is 0 Å². The normalized spacial score (nSPS) is 13.6. The van der Waals surface area contributed by atoms with Gasteiger partial charge in [-0.15, -0.1) is 5.10 Å². The summed E-state index contributed by atoms with van der Waals surface area (Å²) in [6, 6.07) is 15.9. The molecule has 4 rings (SSSR count). The largest absolute Gasteiger partial charge is 0.350 e. The van der Waals surface area contributed by atoms with Crippen LogP contribution >= 0.6 is 0 Å². The molecular formula is C21H23N5O. The molecule has 0 atom stereocenters. The van der Waals surface area contributed by atoms with Crippen LogP contribution in [0.4, 0.5) is 0 Å². The maximum absolute atomic E-state index is 12.5. The number of aryl methyl sites for hydroxylation is 1. The zero-order valence-corrected chi connectivity index (χ0v) is 15.2. The fourth-order valence-electron chi connectivity index (χ4n) is 3.33. The number of nitrogens with zero attached hydrogens (tertiary/aromatic N) is 3. The van der Waals surface area contributed by atoms with Gasteiger partial charge in [0, 0.05) is 24.2 Å². The summed E-state index contributed by atoms with van der Waals surface area (Å²) in [5.41, 5.74) is 5.16. The van der Waals surface area contributed by atoms with Gasteiger partial charge in [-0.2, -0.15) is 0 Å². The molecular weight excluding hydrogens is 338 g/mol. The number of benzene rings is 2. The zero-order chi connectivity index (χ0) is 18.5. The van der Waals surface area contributed by atoms with Crippen LogP contribution in [-0.2, 0) is 19.5 Å². The second-order valence-electron chi connectivity index (χ2n) is 6.75. The Hall–Kier alpha value is -2.99. The molecule has 6 nitrogen and oxygen atoms in total. The van der Waals surface area contributed by atoms with Gasteiger partial charge in [-0.1, -0.05) is 41.6 Å². The molecule has 0 saturated heterocycles. The van der Waals surface area contributed by atoms with E-state index in [1.807, 2.05) is 48.7 Å². The van der Waals surface area contributed by atoms with Crippen LogP contribution < -0.4 is 10.6 Å². The highest BCUT2D eigenvalue weighted by atomic mass is 16.1. The quantitative estimate of drug-likeness (QED) is 0.732. The number of fused-ring (bicyclic) bond motifs is 1. The van der Waals surface area contributed by atoms with E-state index < -0.39 is 0 Å². The number of amides is 1. The maximum Gasteiger partial charge on any atom is 0.251 e. The smallest absolute Gasteiger partial charge is 0.251 e. The molecule has 27 heavy (non-hydrogen) atoms. The SMILES string of the molecule is O=C(NCCn1cc(-c2ccccc2)nn1)c1ccc2c(c1)CCCNC2. The number of aromatic nitrogens is 3. The van der Waals surface area contributed by atoms with Crippen LogP contribution in [0.15, 0.2) is 54.7 Å².